The zero-order valence-corrected chi connectivity index (χ0v) is 12.1. The molecule has 1 aromatic carbocycles. The van der Waals surface area contributed by atoms with Gasteiger partial charge in [-0.2, -0.15) is 0 Å². The number of hydrogen-bond donors (Lipinski definition) is 1. The summed E-state index contributed by atoms with van der Waals surface area (Å²) in [7, 11) is 1.57. The third-order valence-corrected chi connectivity index (χ3v) is 3.22. The second kappa shape index (κ2) is 6.68. The quantitative estimate of drug-likeness (QED) is 0.915. The standard InChI is InChI=1S/C15H16ClFN2O/c1-3-19-15(10-6-12(20-2)9-18-8-10)13-7-11(16)4-5-14(13)17/h4-9,15,19H,3H2,1-2H3. The third-order valence-electron chi connectivity index (χ3n) is 2.98. The van der Waals surface area contributed by atoms with Crippen molar-refractivity contribution in [3.05, 3.63) is 58.6 Å². The third kappa shape index (κ3) is 3.26. The van der Waals surface area contributed by atoms with Gasteiger partial charge in [-0.15, -0.1) is 0 Å². The number of pyridine rings is 1. The molecule has 1 unspecified atom stereocenters. The fourth-order valence-corrected chi connectivity index (χ4v) is 2.23. The zero-order chi connectivity index (χ0) is 14.5. The van der Waals surface area contributed by atoms with Crippen LogP contribution in [0.25, 0.3) is 0 Å². The van der Waals surface area contributed by atoms with Crippen LogP contribution in [0.5, 0.6) is 5.75 Å². The molecular formula is C15H16ClFN2O. The van der Waals surface area contributed by atoms with E-state index in [0.29, 0.717) is 22.9 Å². The molecule has 0 bridgehead atoms. The van der Waals surface area contributed by atoms with Crippen LogP contribution in [0.2, 0.25) is 5.02 Å². The van der Waals surface area contributed by atoms with E-state index in [1.165, 1.54) is 12.1 Å². The molecule has 5 heteroatoms. The molecule has 1 heterocycles. The second-order valence-corrected chi connectivity index (χ2v) is 4.75. The van der Waals surface area contributed by atoms with E-state index >= 15 is 0 Å². The van der Waals surface area contributed by atoms with E-state index in [4.69, 9.17) is 16.3 Å². The van der Waals surface area contributed by atoms with Crippen LogP contribution < -0.4 is 10.1 Å². The van der Waals surface area contributed by atoms with Gasteiger partial charge < -0.3 is 10.1 Å². The first-order chi connectivity index (χ1) is 9.65. The van der Waals surface area contributed by atoms with Gasteiger partial charge in [-0.3, -0.25) is 4.98 Å². The minimum Gasteiger partial charge on any atom is -0.495 e. The highest BCUT2D eigenvalue weighted by molar-refractivity contribution is 6.30. The van der Waals surface area contributed by atoms with Crippen molar-refractivity contribution in [1.82, 2.24) is 10.3 Å². The Morgan fingerprint density at radius 3 is 2.85 bits per heavy atom. The molecule has 0 aliphatic rings. The SMILES string of the molecule is CCNC(c1cncc(OC)c1)c1cc(Cl)ccc1F. The van der Waals surface area contributed by atoms with Crippen molar-refractivity contribution in [1.29, 1.82) is 0 Å². The Balaban J connectivity index is 2.46. The first kappa shape index (κ1) is 14.8. The molecule has 0 saturated carbocycles. The van der Waals surface area contributed by atoms with Crippen molar-refractivity contribution < 1.29 is 9.13 Å². The van der Waals surface area contributed by atoms with E-state index < -0.39 is 0 Å². The van der Waals surface area contributed by atoms with Gasteiger partial charge in [0.1, 0.15) is 11.6 Å². The number of methoxy groups -OCH3 is 1. The lowest BCUT2D eigenvalue weighted by molar-refractivity contribution is 0.411. The van der Waals surface area contributed by atoms with Crippen LogP contribution in [0.1, 0.15) is 24.1 Å². The molecule has 2 aromatic rings. The summed E-state index contributed by atoms with van der Waals surface area (Å²) in [6.07, 6.45) is 3.30. The van der Waals surface area contributed by atoms with E-state index in [9.17, 15) is 4.39 Å². The summed E-state index contributed by atoms with van der Waals surface area (Å²) in [6, 6.07) is 6.05. The molecule has 3 nitrogen and oxygen atoms in total. The minimum atomic E-state index is -0.318. The van der Waals surface area contributed by atoms with E-state index in [1.807, 2.05) is 13.0 Å². The van der Waals surface area contributed by atoms with Gasteiger partial charge in [-0.1, -0.05) is 18.5 Å². The highest BCUT2D eigenvalue weighted by Gasteiger charge is 2.18. The molecule has 106 valence electrons. The fourth-order valence-electron chi connectivity index (χ4n) is 2.05. The monoisotopic (exact) mass is 294 g/mol. The summed E-state index contributed by atoms with van der Waals surface area (Å²) in [6.45, 7) is 2.65. The van der Waals surface area contributed by atoms with Crippen LogP contribution in [0, 0.1) is 5.82 Å². The molecule has 0 radical (unpaired) electrons. The van der Waals surface area contributed by atoms with E-state index in [1.54, 1.807) is 25.6 Å². The summed E-state index contributed by atoms with van der Waals surface area (Å²) in [5, 5.41) is 3.74. The van der Waals surface area contributed by atoms with Gasteiger partial charge in [0, 0.05) is 16.8 Å². The Hall–Kier alpha value is -1.65. The maximum atomic E-state index is 14.1. The van der Waals surface area contributed by atoms with Gasteiger partial charge in [0.2, 0.25) is 0 Å². The summed E-state index contributed by atoms with van der Waals surface area (Å²) in [4.78, 5) is 4.12. The average molecular weight is 295 g/mol. The molecule has 20 heavy (non-hydrogen) atoms. The van der Waals surface area contributed by atoms with Crippen LogP contribution in [0.15, 0.2) is 36.7 Å². The Labute approximate surface area is 122 Å². The second-order valence-electron chi connectivity index (χ2n) is 4.31. The Morgan fingerprint density at radius 2 is 2.15 bits per heavy atom. The summed E-state index contributed by atoms with van der Waals surface area (Å²) < 4.78 is 19.2. The Morgan fingerprint density at radius 1 is 1.35 bits per heavy atom. The molecule has 0 aliphatic carbocycles. The number of rotatable bonds is 5. The largest absolute Gasteiger partial charge is 0.495 e. The molecule has 0 aliphatic heterocycles. The lowest BCUT2D eigenvalue weighted by atomic mass is 9.99. The van der Waals surface area contributed by atoms with Crippen molar-refractivity contribution in [2.45, 2.75) is 13.0 Å². The smallest absolute Gasteiger partial charge is 0.137 e. The molecule has 0 spiro atoms. The number of halogens is 2. The van der Waals surface area contributed by atoms with Crippen molar-refractivity contribution >= 4 is 11.6 Å². The number of ether oxygens (including phenoxy) is 1. The van der Waals surface area contributed by atoms with Gasteiger partial charge in [0.25, 0.3) is 0 Å². The van der Waals surface area contributed by atoms with Gasteiger partial charge in [0.15, 0.2) is 0 Å². The maximum Gasteiger partial charge on any atom is 0.137 e. The van der Waals surface area contributed by atoms with Gasteiger partial charge in [-0.05, 0) is 36.4 Å². The highest BCUT2D eigenvalue weighted by Crippen LogP contribution is 2.28. The van der Waals surface area contributed by atoms with Crippen molar-refractivity contribution in [3.8, 4) is 5.75 Å². The molecule has 0 amide bonds. The topological polar surface area (TPSA) is 34.2 Å². The molecule has 1 aromatic heterocycles. The van der Waals surface area contributed by atoms with Crippen molar-refractivity contribution in [2.24, 2.45) is 0 Å². The van der Waals surface area contributed by atoms with Crippen LogP contribution in [0.4, 0.5) is 4.39 Å². The van der Waals surface area contributed by atoms with Gasteiger partial charge >= 0.3 is 0 Å². The number of benzene rings is 1. The predicted molar refractivity (Wildman–Crippen MR) is 77.7 cm³/mol. The lowest BCUT2D eigenvalue weighted by Gasteiger charge is -2.20. The van der Waals surface area contributed by atoms with Crippen LogP contribution in [0.3, 0.4) is 0 Å². The number of nitrogens with one attached hydrogen (secondary N) is 1. The molecular weight excluding hydrogens is 279 g/mol. The van der Waals surface area contributed by atoms with E-state index in [2.05, 4.69) is 10.3 Å². The van der Waals surface area contributed by atoms with Crippen LogP contribution >= 0.6 is 11.6 Å². The molecule has 2 rings (SSSR count). The zero-order valence-electron chi connectivity index (χ0n) is 11.4. The van der Waals surface area contributed by atoms with Crippen LogP contribution in [-0.4, -0.2) is 18.6 Å². The van der Waals surface area contributed by atoms with Gasteiger partial charge in [-0.25, -0.2) is 4.39 Å². The molecule has 0 saturated heterocycles. The molecule has 0 fully saturated rings. The van der Waals surface area contributed by atoms with Crippen molar-refractivity contribution in [3.63, 3.8) is 0 Å². The van der Waals surface area contributed by atoms with E-state index in [0.717, 1.165) is 5.56 Å². The minimum absolute atomic E-state index is 0.303. The maximum absolute atomic E-state index is 14.1. The predicted octanol–water partition coefficient (Wildman–Crippen LogP) is 3.58. The first-order valence-corrected chi connectivity index (χ1v) is 6.70. The summed E-state index contributed by atoms with van der Waals surface area (Å²) in [5.41, 5.74) is 1.32. The fraction of sp³-hybridized carbons (Fsp3) is 0.267. The number of nitrogens with zero attached hydrogens (tertiary/aromatic N) is 1. The Kier molecular flexibility index (Phi) is 4.93. The molecule has 1 N–H and O–H groups in total. The number of aromatic nitrogens is 1. The normalized spacial score (nSPS) is 12.2. The average Bonchev–Trinajstić information content (AvgIpc) is 2.47. The van der Waals surface area contributed by atoms with Crippen LogP contribution in [-0.2, 0) is 0 Å². The summed E-state index contributed by atoms with van der Waals surface area (Å²) >= 11 is 5.97. The van der Waals surface area contributed by atoms with Gasteiger partial charge in [0.05, 0.1) is 19.3 Å². The lowest BCUT2D eigenvalue weighted by Crippen LogP contribution is -2.23. The molecule has 1 atom stereocenters. The Bertz CT molecular complexity index is 592. The van der Waals surface area contributed by atoms with Crippen molar-refractivity contribution in [2.75, 3.05) is 13.7 Å². The first-order valence-electron chi connectivity index (χ1n) is 6.33. The van der Waals surface area contributed by atoms with E-state index in [-0.39, 0.29) is 11.9 Å². The highest BCUT2D eigenvalue weighted by atomic mass is 35.5. The summed E-state index contributed by atoms with van der Waals surface area (Å²) in [5.74, 6) is 0.330. The number of hydrogen-bond acceptors (Lipinski definition) is 3.